The predicted octanol–water partition coefficient (Wildman–Crippen LogP) is 6.01. The minimum absolute atomic E-state index is 0.00162. The lowest BCUT2D eigenvalue weighted by Gasteiger charge is -2.25. The molecule has 1 saturated carbocycles. The molecule has 8 heteroatoms. The van der Waals surface area contributed by atoms with Crippen molar-refractivity contribution in [3.05, 3.63) is 80.4 Å². The number of benzene rings is 2. The van der Waals surface area contributed by atoms with Crippen LogP contribution in [-0.4, -0.2) is 29.1 Å². The Morgan fingerprint density at radius 2 is 1.22 bits per heavy atom. The fourth-order valence-corrected chi connectivity index (χ4v) is 5.81. The fraction of sp³-hybridized carbons (Fsp3) is 0.321. The van der Waals surface area contributed by atoms with Gasteiger partial charge in [0.1, 0.15) is 17.5 Å². The van der Waals surface area contributed by atoms with E-state index >= 15 is 0 Å². The van der Waals surface area contributed by atoms with Crippen molar-refractivity contribution in [1.82, 2.24) is 0 Å². The third-order valence-corrected chi connectivity index (χ3v) is 7.57. The van der Waals surface area contributed by atoms with E-state index in [1.165, 1.54) is 19.9 Å². The highest BCUT2D eigenvalue weighted by molar-refractivity contribution is 9.10. The molecule has 2 aromatic carbocycles. The van der Waals surface area contributed by atoms with Crippen molar-refractivity contribution in [3.63, 3.8) is 0 Å². The molecule has 0 spiro atoms. The summed E-state index contributed by atoms with van der Waals surface area (Å²) >= 11 is 6.91. The summed E-state index contributed by atoms with van der Waals surface area (Å²) in [5, 5.41) is 0. The quantitative estimate of drug-likeness (QED) is 0.308. The maximum Gasteiger partial charge on any atom is 0.307 e. The number of Topliss-reactive ketones (excluding diaryl/α,β-unsaturated/α-hetero) is 3. The third kappa shape index (κ3) is 7.17. The Labute approximate surface area is 226 Å². The zero-order chi connectivity index (χ0) is 26.4. The van der Waals surface area contributed by atoms with Crippen LogP contribution >= 0.6 is 31.9 Å². The Bertz CT molecular complexity index is 1170. The van der Waals surface area contributed by atoms with E-state index in [0.717, 1.165) is 20.1 Å². The second-order valence-corrected chi connectivity index (χ2v) is 10.6. The Morgan fingerprint density at radius 3 is 1.67 bits per heavy atom. The molecule has 188 valence electrons. The Hall–Kier alpha value is -2.71. The van der Waals surface area contributed by atoms with Crippen molar-refractivity contribution < 1.29 is 28.7 Å². The van der Waals surface area contributed by atoms with Crippen LogP contribution in [0.25, 0.3) is 0 Å². The number of esters is 1. The lowest BCUT2D eigenvalue weighted by molar-refractivity contribution is -0.142. The average Bonchev–Trinajstić information content (AvgIpc) is 2.78. The summed E-state index contributed by atoms with van der Waals surface area (Å²) in [6, 6.07) is 15.4. The summed E-state index contributed by atoms with van der Waals surface area (Å²) in [7, 11) is 0. The van der Waals surface area contributed by atoms with Gasteiger partial charge in [-0.15, -0.1) is 0 Å². The molecule has 0 heterocycles. The number of allylic oxidation sites excluding steroid dienone is 2. The van der Waals surface area contributed by atoms with Gasteiger partial charge in [-0.05, 0) is 42.0 Å². The van der Waals surface area contributed by atoms with Gasteiger partial charge >= 0.3 is 5.97 Å². The van der Waals surface area contributed by atoms with Crippen LogP contribution in [0.15, 0.2) is 69.3 Å². The van der Waals surface area contributed by atoms with Gasteiger partial charge in [-0.25, -0.2) is 0 Å². The van der Waals surface area contributed by atoms with Crippen molar-refractivity contribution in [3.8, 4) is 0 Å². The van der Waals surface area contributed by atoms with E-state index in [4.69, 9.17) is 4.74 Å². The molecule has 0 aliphatic heterocycles. The van der Waals surface area contributed by atoms with E-state index in [2.05, 4.69) is 31.9 Å². The molecule has 0 N–H and O–H groups in total. The molecule has 36 heavy (non-hydrogen) atoms. The number of hydrogen-bond donors (Lipinski definition) is 0. The molecule has 0 radical (unpaired) electrons. The number of carbonyl (C=O) groups excluding carboxylic acids is 5. The van der Waals surface area contributed by atoms with Crippen molar-refractivity contribution in [2.45, 2.75) is 51.4 Å². The second kappa shape index (κ2) is 12.5. The van der Waals surface area contributed by atoms with Crippen LogP contribution in [0.2, 0.25) is 0 Å². The molecule has 0 aromatic heterocycles. The number of ether oxygens (including phenoxy) is 1. The monoisotopic (exact) mass is 616 g/mol. The first kappa shape index (κ1) is 27.9. The molecule has 1 fully saturated rings. The van der Waals surface area contributed by atoms with Crippen molar-refractivity contribution in [2.75, 3.05) is 0 Å². The molecule has 0 amide bonds. The van der Waals surface area contributed by atoms with Gasteiger partial charge in [-0.2, -0.15) is 0 Å². The Morgan fingerprint density at radius 1 is 0.750 bits per heavy atom. The van der Waals surface area contributed by atoms with E-state index in [1.807, 2.05) is 48.5 Å². The molecule has 1 atom stereocenters. The van der Waals surface area contributed by atoms with Gasteiger partial charge < -0.3 is 4.74 Å². The number of carbonyl (C=O) groups is 5. The zero-order valence-corrected chi connectivity index (χ0v) is 23.1. The third-order valence-electron chi connectivity index (χ3n) is 6.13. The SMILES string of the molecule is CC(=O)C1C(=O)CC(c2ccccc2Br)CC1=O.CC(=O)OC1=CC(=O)CC(c2ccccc2Br)C1. The first-order chi connectivity index (χ1) is 17.1. The minimum atomic E-state index is -1.02. The first-order valence-corrected chi connectivity index (χ1v) is 13.1. The van der Waals surface area contributed by atoms with Gasteiger partial charge in [0.05, 0.1) is 0 Å². The largest absolute Gasteiger partial charge is 0.431 e. The highest BCUT2D eigenvalue weighted by Gasteiger charge is 2.39. The highest BCUT2D eigenvalue weighted by Crippen LogP contribution is 2.36. The van der Waals surface area contributed by atoms with Gasteiger partial charge in [-0.3, -0.25) is 24.0 Å². The van der Waals surface area contributed by atoms with E-state index in [-0.39, 0.29) is 53.8 Å². The van der Waals surface area contributed by atoms with Crippen LogP contribution < -0.4 is 0 Å². The van der Waals surface area contributed by atoms with Crippen LogP contribution in [0.4, 0.5) is 0 Å². The van der Waals surface area contributed by atoms with Crippen LogP contribution in [0, 0.1) is 5.92 Å². The molecule has 0 saturated heterocycles. The van der Waals surface area contributed by atoms with E-state index in [9.17, 15) is 24.0 Å². The molecule has 1 unspecified atom stereocenters. The van der Waals surface area contributed by atoms with Crippen LogP contribution in [-0.2, 0) is 28.7 Å². The Kier molecular flexibility index (Phi) is 9.68. The number of rotatable bonds is 4. The molecule has 2 aromatic rings. The summed E-state index contributed by atoms with van der Waals surface area (Å²) in [6.07, 6.45) is 2.98. The second-order valence-electron chi connectivity index (χ2n) is 8.90. The summed E-state index contributed by atoms with van der Waals surface area (Å²) < 4.78 is 6.92. The standard InChI is InChI=1S/2C14H13BrO3/c1-9(16)18-12-7-10(6-11(17)8-12)13-4-2-3-5-14(13)15;1-8(16)14-12(17)6-9(7-13(14)18)10-4-2-3-5-11(10)15/h2-5,8,10H,6-7H2,1H3;2-5,9,14H,6-7H2,1H3. The van der Waals surface area contributed by atoms with E-state index < -0.39 is 5.92 Å². The molecule has 0 bridgehead atoms. The molecule has 6 nitrogen and oxygen atoms in total. The maximum absolute atomic E-state index is 11.9. The van der Waals surface area contributed by atoms with E-state index in [1.54, 1.807) is 0 Å². The fourth-order valence-electron chi connectivity index (χ4n) is 4.59. The lowest BCUT2D eigenvalue weighted by atomic mass is 9.75. The molecule has 2 aliphatic rings. The lowest BCUT2D eigenvalue weighted by Crippen LogP contribution is -2.37. The summed E-state index contributed by atoms with van der Waals surface area (Å²) in [4.78, 5) is 57.7. The summed E-state index contributed by atoms with van der Waals surface area (Å²) in [5.74, 6) is -1.85. The Balaban J connectivity index is 0.000000201. The number of ketones is 4. The summed E-state index contributed by atoms with van der Waals surface area (Å²) in [5.41, 5.74) is 2.03. The molecule has 4 rings (SSSR count). The van der Waals surface area contributed by atoms with Crippen molar-refractivity contribution in [2.24, 2.45) is 5.92 Å². The topological polar surface area (TPSA) is 94.6 Å². The number of halogens is 2. The normalized spacial score (nSPS) is 21.7. The van der Waals surface area contributed by atoms with Crippen LogP contribution in [0.1, 0.15) is 62.5 Å². The number of hydrogen-bond acceptors (Lipinski definition) is 6. The van der Waals surface area contributed by atoms with Gasteiger partial charge in [0, 0.05) is 47.6 Å². The molecular formula is C28H26Br2O6. The predicted molar refractivity (Wildman–Crippen MR) is 141 cm³/mol. The van der Waals surface area contributed by atoms with Crippen molar-refractivity contribution >= 4 is 61.0 Å². The maximum atomic E-state index is 11.9. The first-order valence-electron chi connectivity index (χ1n) is 11.5. The van der Waals surface area contributed by atoms with Gasteiger partial charge in [-0.1, -0.05) is 68.3 Å². The van der Waals surface area contributed by atoms with Crippen molar-refractivity contribution in [1.29, 1.82) is 0 Å². The smallest absolute Gasteiger partial charge is 0.307 e. The van der Waals surface area contributed by atoms with Gasteiger partial charge in [0.15, 0.2) is 17.3 Å². The molecular weight excluding hydrogens is 592 g/mol. The van der Waals surface area contributed by atoms with Crippen LogP contribution in [0.3, 0.4) is 0 Å². The minimum Gasteiger partial charge on any atom is -0.431 e. The van der Waals surface area contributed by atoms with E-state index in [0.29, 0.717) is 18.6 Å². The van der Waals surface area contributed by atoms with Gasteiger partial charge in [0.2, 0.25) is 0 Å². The zero-order valence-electron chi connectivity index (χ0n) is 20.0. The average molecular weight is 618 g/mol. The summed E-state index contributed by atoms with van der Waals surface area (Å²) in [6.45, 7) is 2.65. The van der Waals surface area contributed by atoms with Gasteiger partial charge in [0.25, 0.3) is 0 Å². The molecule has 2 aliphatic carbocycles. The van der Waals surface area contributed by atoms with Crippen LogP contribution in [0.5, 0.6) is 0 Å². The highest BCUT2D eigenvalue weighted by atomic mass is 79.9.